The van der Waals surface area contributed by atoms with E-state index in [4.69, 9.17) is 23.8 Å². The average molecular weight is 347 g/mol. The zero-order valence-electron chi connectivity index (χ0n) is 13.2. The molecule has 0 aliphatic rings. The van der Waals surface area contributed by atoms with E-state index in [9.17, 15) is 4.79 Å². The standard InChI is InChI=1S/C18H19ClN2OS/c1-12-7-9-15(11-13(12)2)20-18(23)21-17(22)10-8-14-5-3-4-6-16(14)19/h3-7,9,11H,8,10H2,1-2H3,(H2,20,21,22,23). The molecule has 1 amide bonds. The van der Waals surface area contributed by atoms with E-state index < -0.39 is 0 Å². The third kappa shape index (κ3) is 5.34. The van der Waals surface area contributed by atoms with Crippen LogP contribution < -0.4 is 10.6 Å². The number of rotatable bonds is 4. The molecular formula is C18H19ClN2OS. The Kier molecular flexibility index (Phi) is 6.13. The van der Waals surface area contributed by atoms with Crippen LogP contribution in [0, 0.1) is 13.8 Å². The molecule has 0 bridgehead atoms. The molecule has 5 heteroatoms. The topological polar surface area (TPSA) is 41.1 Å². The van der Waals surface area contributed by atoms with Crippen molar-refractivity contribution >= 4 is 40.5 Å². The second-order valence-electron chi connectivity index (χ2n) is 5.39. The van der Waals surface area contributed by atoms with E-state index in [0.29, 0.717) is 23.0 Å². The highest BCUT2D eigenvalue weighted by Crippen LogP contribution is 2.16. The molecule has 0 saturated carbocycles. The molecule has 0 aromatic heterocycles. The molecule has 2 rings (SSSR count). The SMILES string of the molecule is Cc1ccc(NC(=S)NC(=O)CCc2ccccc2Cl)cc1C. The number of nitrogens with one attached hydrogen (secondary N) is 2. The lowest BCUT2D eigenvalue weighted by molar-refractivity contribution is -0.119. The summed E-state index contributed by atoms with van der Waals surface area (Å²) < 4.78 is 0. The zero-order chi connectivity index (χ0) is 16.8. The Morgan fingerprint density at radius 2 is 1.87 bits per heavy atom. The first-order valence-corrected chi connectivity index (χ1v) is 8.16. The molecule has 0 radical (unpaired) electrons. The van der Waals surface area contributed by atoms with Crippen LogP contribution in [-0.4, -0.2) is 11.0 Å². The summed E-state index contributed by atoms with van der Waals surface area (Å²) in [7, 11) is 0. The van der Waals surface area contributed by atoms with Gasteiger partial charge in [-0.15, -0.1) is 0 Å². The average Bonchev–Trinajstić information content (AvgIpc) is 2.50. The van der Waals surface area contributed by atoms with Crippen molar-refractivity contribution in [3.05, 3.63) is 64.2 Å². The molecule has 120 valence electrons. The first kappa shape index (κ1) is 17.4. The van der Waals surface area contributed by atoms with Crippen LogP contribution in [0.3, 0.4) is 0 Å². The lowest BCUT2D eigenvalue weighted by atomic mass is 10.1. The maximum absolute atomic E-state index is 12.0. The summed E-state index contributed by atoms with van der Waals surface area (Å²) in [5.41, 5.74) is 4.20. The van der Waals surface area contributed by atoms with Gasteiger partial charge in [-0.1, -0.05) is 35.9 Å². The van der Waals surface area contributed by atoms with Gasteiger partial charge in [-0.3, -0.25) is 4.79 Å². The van der Waals surface area contributed by atoms with Crippen molar-refractivity contribution in [1.82, 2.24) is 5.32 Å². The summed E-state index contributed by atoms with van der Waals surface area (Å²) in [6.45, 7) is 4.08. The predicted octanol–water partition coefficient (Wildman–Crippen LogP) is 4.40. The highest BCUT2D eigenvalue weighted by atomic mass is 35.5. The van der Waals surface area contributed by atoms with Gasteiger partial charge in [0.1, 0.15) is 0 Å². The fraction of sp³-hybridized carbons (Fsp3) is 0.222. The molecule has 0 aliphatic heterocycles. The van der Waals surface area contributed by atoms with Crippen LogP contribution in [0.1, 0.15) is 23.1 Å². The fourth-order valence-electron chi connectivity index (χ4n) is 2.12. The minimum Gasteiger partial charge on any atom is -0.332 e. The van der Waals surface area contributed by atoms with Crippen molar-refractivity contribution in [1.29, 1.82) is 0 Å². The number of anilines is 1. The van der Waals surface area contributed by atoms with E-state index in [0.717, 1.165) is 11.3 Å². The predicted molar refractivity (Wildman–Crippen MR) is 100 cm³/mol. The number of benzene rings is 2. The number of hydrogen-bond donors (Lipinski definition) is 2. The maximum atomic E-state index is 12.0. The number of carbonyl (C=O) groups excluding carboxylic acids is 1. The lowest BCUT2D eigenvalue weighted by Crippen LogP contribution is -2.34. The van der Waals surface area contributed by atoms with Gasteiger partial charge < -0.3 is 10.6 Å². The molecule has 23 heavy (non-hydrogen) atoms. The van der Waals surface area contributed by atoms with Crippen LogP contribution in [0.4, 0.5) is 5.69 Å². The Morgan fingerprint density at radius 3 is 2.57 bits per heavy atom. The van der Waals surface area contributed by atoms with Gasteiger partial charge in [0, 0.05) is 17.1 Å². The Morgan fingerprint density at radius 1 is 1.13 bits per heavy atom. The molecular weight excluding hydrogens is 328 g/mol. The van der Waals surface area contributed by atoms with E-state index in [1.165, 1.54) is 11.1 Å². The van der Waals surface area contributed by atoms with Gasteiger partial charge >= 0.3 is 0 Å². The van der Waals surface area contributed by atoms with Crippen molar-refractivity contribution in [2.24, 2.45) is 0 Å². The molecule has 2 N–H and O–H groups in total. The van der Waals surface area contributed by atoms with Gasteiger partial charge in [0.25, 0.3) is 0 Å². The van der Waals surface area contributed by atoms with Gasteiger partial charge in [0.05, 0.1) is 0 Å². The van der Waals surface area contributed by atoms with Crippen molar-refractivity contribution < 1.29 is 4.79 Å². The van der Waals surface area contributed by atoms with Crippen LogP contribution in [0.2, 0.25) is 5.02 Å². The normalized spacial score (nSPS) is 10.2. The van der Waals surface area contributed by atoms with Crippen molar-refractivity contribution in [2.75, 3.05) is 5.32 Å². The summed E-state index contributed by atoms with van der Waals surface area (Å²) in [5.74, 6) is -0.133. The molecule has 0 heterocycles. The minimum atomic E-state index is -0.133. The van der Waals surface area contributed by atoms with Crippen LogP contribution in [0.5, 0.6) is 0 Å². The molecule has 0 aliphatic carbocycles. The molecule has 0 atom stereocenters. The number of thiocarbonyl (C=S) groups is 1. The summed E-state index contributed by atoms with van der Waals surface area (Å²) in [5, 5.41) is 6.69. The number of aryl methyl sites for hydroxylation is 3. The Hall–Kier alpha value is -1.91. The molecule has 0 spiro atoms. The molecule has 2 aromatic carbocycles. The number of hydrogen-bond acceptors (Lipinski definition) is 2. The summed E-state index contributed by atoms with van der Waals surface area (Å²) in [4.78, 5) is 12.0. The highest BCUT2D eigenvalue weighted by molar-refractivity contribution is 7.80. The van der Waals surface area contributed by atoms with Crippen LogP contribution in [0.15, 0.2) is 42.5 Å². The van der Waals surface area contributed by atoms with E-state index in [-0.39, 0.29) is 5.91 Å². The summed E-state index contributed by atoms with van der Waals surface area (Å²) >= 11 is 11.3. The third-order valence-corrected chi connectivity index (χ3v) is 4.17. The molecule has 0 unspecified atom stereocenters. The number of carbonyl (C=O) groups is 1. The first-order valence-electron chi connectivity index (χ1n) is 7.37. The van der Waals surface area contributed by atoms with Crippen LogP contribution >= 0.6 is 23.8 Å². The second-order valence-corrected chi connectivity index (χ2v) is 6.21. The number of amides is 1. The van der Waals surface area contributed by atoms with E-state index in [2.05, 4.69) is 10.6 Å². The van der Waals surface area contributed by atoms with Crippen molar-refractivity contribution in [2.45, 2.75) is 26.7 Å². The monoisotopic (exact) mass is 346 g/mol. The Labute approximate surface area is 147 Å². The molecule has 0 saturated heterocycles. The van der Waals surface area contributed by atoms with Crippen molar-refractivity contribution in [3.63, 3.8) is 0 Å². The van der Waals surface area contributed by atoms with E-state index in [1.54, 1.807) is 0 Å². The second kappa shape index (κ2) is 8.09. The van der Waals surface area contributed by atoms with Gasteiger partial charge in [-0.25, -0.2) is 0 Å². The van der Waals surface area contributed by atoms with E-state index in [1.807, 2.05) is 56.3 Å². The third-order valence-electron chi connectivity index (χ3n) is 3.60. The quantitative estimate of drug-likeness (QED) is 0.806. The van der Waals surface area contributed by atoms with Gasteiger partial charge in [0.2, 0.25) is 5.91 Å². The van der Waals surface area contributed by atoms with Gasteiger partial charge in [-0.2, -0.15) is 0 Å². The van der Waals surface area contributed by atoms with Gasteiger partial charge in [0.15, 0.2) is 5.11 Å². The smallest absolute Gasteiger partial charge is 0.226 e. The summed E-state index contributed by atoms with van der Waals surface area (Å²) in [6, 6.07) is 13.5. The van der Waals surface area contributed by atoms with Gasteiger partial charge in [-0.05, 0) is 67.4 Å². The van der Waals surface area contributed by atoms with Crippen LogP contribution in [0.25, 0.3) is 0 Å². The highest BCUT2D eigenvalue weighted by Gasteiger charge is 2.07. The summed E-state index contributed by atoms with van der Waals surface area (Å²) in [6.07, 6.45) is 0.913. The molecule has 0 fully saturated rings. The lowest BCUT2D eigenvalue weighted by Gasteiger charge is -2.11. The van der Waals surface area contributed by atoms with E-state index >= 15 is 0 Å². The fourth-order valence-corrected chi connectivity index (χ4v) is 2.58. The number of halogens is 1. The minimum absolute atomic E-state index is 0.133. The Balaban J connectivity index is 1.84. The Bertz CT molecular complexity index is 731. The maximum Gasteiger partial charge on any atom is 0.226 e. The molecule has 2 aromatic rings. The largest absolute Gasteiger partial charge is 0.332 e. The first-order chi connectivity index (χ1) is 11.0. The van der Waals surface area contributed by atoms with Crippen molar-refractivity contribution in [3.8, 4) is 0 Å². The molecule has 3 nitrogen and oxygen atoms in total. The zero-order valence-corrected chi connectivity index (χ0v) is 14.7. The van der Waals surface area contributed by atoms with Crippen LogP contribution in [-0.2, 0) is 11.2 Å².